The van der Waals surface area contributed by atoms with Crippen LogP contribution in [0.2, 0.25) is 0 Å². The standard InChI is InChI=1S/C16H19N3O2/c1-19-9-8-13(16(19)20)17-10-12-7-6-11-4-3-5-14(21-2)15(11)18-12/h3-7,13,17H,8-10H2,1-2H3. The van der Waals surface area contributed by atoms with Crippen molar-refractivity contribution in [1.29, 1.82) is 0 Å². The maximum atomic E-state index is 11.9. The van der Waals surface area contributed by atoms with Crippen molar-refractivity contribution in [3.05, 3.63) is 36.0 Å². The van der Waals surface area contributed by atoms with Crippen LogP contribution in [0.4, 0.5) is 0 Å². The summed E-state index contributed by atoms with van der Waals surface area (Å²) in [5, 5.41) is 4.34. The Balaban J connectivity index is 1.77. The number of hydrogen-bond acceptors (Lipinski definition) is 4. The Morgan fingerprint density at radius 1 is 1.38 bits per heavy atom. The second-order valence-electron chi connectivity index (χ2n) is 5.32. The lowest BCUT2D eigenvalue weighted by atomic mass is 10.2. The van der Waals surface area contributed by atoms with Gasteiger partial charge in [0.05, 0.1) is 18.8 Å². The van der Waals surface area contributed by atoms with Gasteiger partial charge in [-0.2, -0.15) is 0 Å². The topological polar surface area (TPSA) is 54.5 Å². The number of hydrogen-bond donors (Lipinski definition) is 1. The summed E-state index contributed by atoms with van der Waals surface area (Å²) in [5.41, 5.74) is 1.77. The number of likely N-dealkylation sites (N-methyl/N-ethyl adjacent to an activating group) is 1. The van der Waals surface area contributed by atoms with E-state index in [0.717, 1.165) is 35.3 Å². The van der Waals surface area contributed by atoms with Crippen molar-refractivity contribution >= 4 is 16.8 Å². The summed E-state index contributed by atoms with van der Waals surface area (Å²) < 4.78 is 5.35. The number of para-hydroxylation sites is 1. The van der Waals surface area contributed by atoms with Crippen LogP contribution in [0.3, 0.4) is 0 Å². The summed E-state index contributed by atoms with van der Waals surface area (Å²) in [7, 11) is 3.48. The molecular formula is C16H19N3O2. The van der Waals surface area contributed by atoms with E-state index in [1.165, 1.54) is 0 Å². The summed E-state index contributed by atoms with van der Waals surface area (Å²) in [6.45, 7) is 1.40. The zero-order valence-corrected chi connectivity index (χ0v) is 12.3. The first-order valence-corrected chi connectivity index (χ1v) is 7.10. The zero-order chi connectivity index (χ0) is 14.8. The van der Waals surface area contributed by atoms with Crippen LogP contribution in [0.1, 0.15) is 12.1 Å². The van der Waals surface area contributed by atoms with Crippen LogP contribution in [0, 0.1) is 0 Å². The highest BCUT2D eigenvalue weighted by Gasteiger charge is 2.28. The molecule has 1 aromatic carbocycles. The minimum absolute atomic E-state index is 0.0924. The molecule has 1 unspecified atom stereocenters. The molecule has 3 rings (SSSR count). The molecule has 0 bridgehead atoms. The maximum Gasteiger partial charge on any atom is 0.239 e. The van der Waals surface area contributed by atoms with Crippen molar-refractivity contribution in [1.82, 2.24) is 15.2 Å². The molecule has 21 heavy (non-hydrogen) atoms. The number of pyridine rings is 1. The number of nitrogens with one attached hydrogen (secondary N) is 1. The van der Waals surface area contributed by atoms with Crippen molar-refractivity contribution in [3.63, 3.8) is 0 Å². The van der Waals surface area contributed by atoms with Crippen molar-refractivity contribution in [2.75, 3.05) is 20.7 Å². The minimum Gasteiger partial charge on any atom is -0.494 e. The van der Waals surface area contributed by atoms with Gasteiger partial charge in [0, 0.05) is 25.5 Å². The molecule has 2 heterocycles. The lowest BCUT2D eigenvalue weighted by Crippen LogP contribution is -2.36. The van der Waals surface area contributed by atoms with E-state index in [1.54, 1.807) is 12.0 Å². The predicted molar refractivity (Wildman–Crippen MR) is 81.2 cm³/mol. The molecule has 1 atom stereocenters. The number of likely N-dealkylation sites (tertiary alicyclic amines) is 1. The first-order valence-electron chi connectivity index (χ1n) is 7.10. The number of fused-ring (bicyclic) bond motifs is 1. The quantitative estimate of drug-likeness (QED) is 0.926. The molecule has 110 valence electrons. The molecule has 0 spiro atoms. The number of carbonyl (C=O) groups excluding carboxylic acids is 1. The summed E-state index contributed by atoms with van der Waals surface area (Å²) in [4.78, 5) is 18.3. The lowest BCUT2D eigenvalue weighted by molar-refractivity contribution is -0.128. The fraction of sp³-hybridized carbons (Fsp3) is 0.375. The van der Waals surface area contributed by atoms with E-state index in [-0.39, 0.29) is 11.9 Å². The molecular weight excluding hydrogens is 266 g/mol. The number of rotatable bonds is 4. The van der Waals surface area contributed by atoms with Crippen molar-refractivity contribution in [3.8, 4) is 5.75 Å². The maximum absolute atomic E-state index is 11.9. The summed E-state index contributed by atoms with van der Waals surface area (Å²) in [6, 6.07) is 9.79. The normalized spacial score (nSPS) is 18.5. The fourth-order valence-electron chi connectivity index (χ4n) is 2.66. The molecule has 0 radical (unpaired) electrons. The molecule has 5 heteroatoms. The van der Waals surface area contributed by atoms with Gasteiger partial charge in [0.25, 0.3) is 0 Å². The highest BCUT2D eigenvalue weighted by molar-refractivity contribution is 5.85. The SMILES string of the molecule is COc1cccc2ccc(CNC3CCN(C)C3=O)nc12. The van der Waals surface area contributed by atoms with Crippen LogP contribution < -0.4 is 10.1 Å². The van der Waals surface area contributed by atoms with Crippen LogP contribution in [0.15, 0.2) is 30.3 Å². The van der Waals surface area contributed by atoms with Crippen LogP contribution in [0.5, 0.6) is 5.75 Å². The summed E-state index contributed by atoms with van der Waals surface area (Å²) in [5.74, 6) is 0.930. The van der Waals surface area contributed by atoms with E-state index in [9.17, 15) is 4.79 Å². The van der Waals surface area contributed by atoms with Gasteiger partial charge >= 0.3 is 0 Å². The van der Waals surface area contributed by atoms with Gasteiger partial charge in [-0.25, -0.2) is 4.98 Å². The molecule has 1 aliphatic heterocycles. The van der Waals surface area contributed by atoms with E-state index in [0.29, 0.717) is 6.54 Å². The number of ether oxygens (including phenoxy) is 1. The summed E-state index contributed by atoms with van der Waals surface area (Å²) in [6.07, 6.45) is 0.853. The Morgan fingerprint density at radius 3 is 2.95 bits per heavy atom. The molecule has 0 aliphatic carbocycles. The van der Waals surface area contributed by atoms with Gasteiger partial charge in [-0.05, 0) is 18.6 Å². The number of benzene rings is 1. The number of carbonyl (C=O) groups is 1. The third-order valence-corrected chi connectivity index (χ3v) is 3.92. The third kappa shape index (κ3) is 2.69. The number of methoxy groups -OCH3 is 1. The Morgan fingerprint density at radius 2 is 2.24 bits per heavy atom. The Labute approximate surface area is 123 Å². The second-order valence-corrected chi connectivity index (χ2v) is 5.32. The highest BCUT2D eigenvalue weighted by Crippen LogP contribution is 2.23. The smallest absolute Gasteiger partial charge is 0.239 e. The number of aromatic nitrogens is 1. The van der Waals surface area contributed by atoms with Crippen LogP contribution in [-0.2, 0) is 11.3 Å². The van der Waals surface area contributed by atoms with Gasteiger partial charge < -0.3 is 15.0 Å². The van der Waals surface area contributed by atoms with Gasteiger partial charge in [0.2, 0.25) is 5.91 Å². The van der Waals surface area contributed by atoms with E-state index < -0.39 is 0 Å². The molecule has 5 nitrogen and oxygen atoms in total. The molecule has 1 N–H and O–H groups in total. The average Bonchev–Trinajstić information content (AvgIpc) is 2.84. The van der Waals surface area contributed by atoms with Crippen LogP contribution in [0.25, 0.3) is 10.9 Å². The van der Waals surface area contributed by atoms with Gasteiger partial charge in [0.15, 0.2) is 0 Å². The molecule has 1 fully saturated rings. The second kappa shape index (κ2) is 5.69. The predicted octanol–water partition coefficient (Wildman–Crippen LogP) is 1.56. The van der Waals surface area contributed by atoms with Crippen molar-refractivity contribution < 1.29 is 9.53 Å². The Bertz CT molecular complexity index is 672. The molecule has 0 saturated carbocycles. The first-order chi connectivity index (χ1) is 10.2. The highest BCUT2D eigenvalue weighted by atomic mass is 16.5. The Hall–Kier alpha value is -2.14. The van der Waals surface area contributed by atoms with E-state index >= 15 is 0 Å². The monoisotopic (exact) mass is 285 g/mol. The molecule has 2 aromatic rings. The number of nitrogens with zero attached hydrogens (tertiary/aromatic N) is 2. The lowest BCUT2D eigenvalue weighted by Gasteiger charge is -2.12. The zero-order valence-electron chi connectivity index (χ0n) is 12.3. The van der Waals surface area contributed by atoms with Gasteiger partial charge in [0.1, 0.15) is 11.3 Å². The van der Waals surface area contributed by atoms with Crippen LogP contribution >= 0.6 is 0 Å². The molecule has 1 aromatic heterocycles. The van der Waals surface area contributed by atoms with E-state index in [1.807, 2.05) is 37.4 Å². The van der Waals surface area contributed by atoms with E-state index in [4.69, 9.17) is 4.74 Å². The van der Waals surface area contributed by atoms with Crippen LogP contribution in [-0.4, -0.2) is 42.5 Å². The largest absolute Gasteiger partial charge is 0.494 e. The van der Waals surface area contributed by atoms with Gasteiger partial charge in [-0.15, -0.1) is 0 Å². The van der Waals surface area contributed by atoms with Crippen molar-refractivity contribution in [2.24, 2.45) is 0 Å². The molecule has 1 aliphatic rings. The average molecular weight is 285 g/mol. The summed E-state index contributed by atoms with van der Waals surface area (Å²) >= 11 is 0. The third-order valence-electron chi connectivity index (χ3n) is 3.92. The first kappa shape index (κ1) is 13.8. The molecule has 1 amide bonds. The Kier molecular flexibility index (Phi) is 3.75. The van der Waals surface area contributed by atoms with Crippen molar-refractivity contribution in [2.45, 2.75) is 19.0 Å². The van der Waals surface area contributed by atoms with E-state index in [2.05, 4.69) is 10.3 Å². The minimum atomic E-state index is -0.0924. The fourth-order valence-corrected chi connectivity index (χ4v) is 2.66. The molecule has 1 saturated heterocycles. The van der Waals surface area contributed by atoms with Gasteiger partial charge in [-0.3, -0.25) is 4.79 Å². The number of amides is 1. The van der Waals surface area contributed by atoms with Gasteiger partial charge in [-0.1, -0.05) is 18.2 Å².